The number of ether oxygens (including phenoxy) is 3. The molecule has 0 aromatic heterocycles. The maximum atomic E-state index is 5.64. The van der Waals surface area contributed by atoms with Crippen LogP contribution in [-0.4, -0.2) is 57.5 Å². The molecule has 156 valence electrons. The number of thiocarbonyl (C=S) groups is 1. The van der Waals surface area contributed by atoms with Gasteiger partial charge in [-0.15, -0.1) is 0 Å². The highest BCUT2D eigenvalue weighted by atomic mass is 32.1. The van der Waals surface area contributed by atoms with Gasteiger partial charge in [-0.05, 0) is 42.9 Å². The van der Waals surface area contributed by atoms with Crippen molar-refractivity contribution in [3.63, 3.8) is 0 Å². The van der Waals surface area contributed by atoms with Gasteiger partial charge in [0.05, 0.1) is 53.1 Å². The second-order valence-corrected chi connectivity index (χ2v) is 7.54. The van der Waals surface area contributed by atoms with Crippen LogP contribution in [0.25, 0.3) is 0 Å². The van der Waals surface area contributed by atoms with Gasteiger partial charge in [-0.2, -0.15) is 0 Å². The van der Waals surface area contributed by atoms with Gasteiger partial charge in [0, 0.05) is 5.69 Å². The number of para-hydroxylation sites is 1. The average Bonchev–Trinajstić information content (AvgIpc) is 2.75. The summed E-state index contributed by atoms with van der Waals surface area (Å²) in [6, 6.07) is 12.2. The maximum absolute atomic E-state index is 5.64. The summed E-state index contributed by atoms with van der Waals surface area (Å²) < 4.78 is 16.5. The second kappa shape index (κ2) is 9.80. The number of anilines is 1. The molecule has 1 heterocycles. The lowest BCUT2D eigenvalue weighted by Crippen LogP contribution is -3.13. The number of quaternary nitrogens is 1. The number of nitrogens with zero attached hydrogens (tertiary/aromatic N) is 1. The highest BCUT2D eigenvalue weighted by Crippen LogP contribution is 2.39. The number of aryl methyl sites for hydroxylation is 1. The van der Waals surface area contributed by atoms with E-state index in [1.54, 1.807) is 21.3 Å². The summed E-state index contributed by atoms with van der Waals surface area (Å²) in [5, 5.41) is 4.18. The Morgan fingerprint density at radius 3 is 2.31 bits per heavy atom. The van der Waals surface area contributed by atoms with Gasteiger partial charge in [0.15, 0.2) is 16.6 Å². The number of hydrogen-bond donors (Lipinski definition) is 2. The summed E-state index contributed by atoms with van der Waals surface area (Å²) in [6.07, 6.45) is 0. The van der Waals surface area contributed by atoms with Crippen molar-refractivity contribution < 1.29 is 19.1 Å². The Hall–Kier alpha value is -2.51. The Kier molecular flexibility index (Phi) is 7.17. The molecule has 0 aliphatic carbocycles. The van der Waals surface area contributed by atoms with E-state index in [1.807, 2.05) is 18.2 Å². The zero-order chi connectivity index (χ0) is 20.8. The first-order chi connectivity index (χ1) is 14.1. The van der Waals surface area contributed by atoms with Crippen LogP contribution in [0.3, 0.4) is 0 Å². The van der Waals surface area contributed by atoms with Gasteiger partial charge in [-0.1, -0.05) is 18.2 Å². The van der Waals surface area contributed by atoms with Crippen molar-refractivity contribution in [3.05, 3.63) is 47.5 Å². The fourth-order valence-electron chi connectivity index (χ4n) is 3.68. The van der Waals surface area contributed by atoms with Crippen LogP contribution >= 0.6 is 12.2 Å². The molecule has 2 N–H and O–H groups in total. The summed E-state index contributed by atoms with van der Waals surface area (Å²) in [7, 11) is 4.94. The highest BCUT2D eigenvalue weighted by molar-refractivity contribution is 7.80. The minimum atomic E-state index is 0.647. The Morgan fingerprint density at radius 1 is 1.00 bits per heavy atom. The van der Waals surface area contributed by atoms with Gasteiger partial charge >= 0.3 is 0 Å². The first kappa shape index (κ1) is 21.2. The van der Waals surface area contributed by atoms with Crippen molar-refractivity contribution in [2.24, 2.45) is 0 Å². The average molecular weight is 417 g/mol. The predicted octanol–water partition coefficient (Wildman–Crippen LogP) is 2.12. The lowest BCUT2D eigenvalue weighted by atomic mass is 10.1. The smallest absolute Gasteiger partial charge is 0.203 e. The van der Waals surface area contributed by atoms with Crippen molar-refractivity contribution in [2.75, 3.05) is 52.8 Å². The first-order valence-corrected chi connectivity index (χ1v) is 10.2. The van der Waals surface area contributed by atoms with Crippen LogP contribution in [-0.2, 0) is 6.54 Å². The van der Waals surface area contributed by atoms with E-state index in [1.165, 1.54) is 10.5 Å². The van der Waals surface area contributed by atoms with Gasteiger partial charge in [0.1, 0.15) is 6.54 Å². The van der Waals surface area contributed by atoms with Crippen molar-refractivity contribution in [3.8, 4) is 17.2 Å². The standard InChI is InChI=1S/C22H29N3O3S/c1-16-7-5-6-8-18(16)23-22(29)25-13-11-24(12-14-25)15-17-9-10-19(26-2)21(28-4)20(17)27-3/h5-10H,11-15H2,1-4H3,(H,23,29)/p+1. The molecule has 2 aromatic carbocycles. The molecule has 6 nitrogen and oxygen atoms in total. The van der Waals surface area contributed by atoms with Crippen LogP contribution in [0.1, 0.15) is 11.1 Å². The maximum Gasteiger partial charge on any atom is 0.203 e. The minimum Gasteiger partial charge on any atom is -0.493 e. The molecular formula is C22H30N3O3S+. The first-order valence-electron chi connectivity index (χ1n) is 9.80. The zero-order valence-electron chi connectivity index (χ0n) is 17.6. The summed E-state index contributed by atoms with van der Waals surface area (Å²) in [4.78, 5) is 3.74. The molecule has 0 bridgehead atoms. The van der Waals surface area contributed by atoms with E-state index < -0.39 is 0 Å². The van der Waals surface area contributed by atoms with Gasteiger partial charge in [-0.3, -0.25) is 0 Å². The van der Waals surface area contributed by atoms with Crippen molar-refractivity contribution in [2.45, 2.75) is 13.5 Å². The van der Waals surface area contributed by atoms with Crippen LogP contribution in [0.5, 0.6) is 17.2 Å². The number of piperazine rings is 1. The van der Waals surface area contributed by atoms with E-state index >= 15 is 0 Å². The van der Waals surface area contributed by atoms with Crippen LogP contribution in [0.4, 0.5) is 5.69 Å². The predicted molar refractivity (Wildman–Crippen MR) is 119 cm³/mol. The lowest BCUT2D eigenvalue weighted by molar-refractivity contribution is -0.917. The summed E-state index contributed by atoms with van der Waals surface area (Å²) in [6.45, 7) is 6.81. The molecule has 1 aliphatic heterocycles. The Balaban J connectivity index is 1.60. The fourth-order valence-corrected chi connectivity index (χ4v) is 3.97. The molecule has 29 heavy (non-hydrogen) atoms. The van der Waals surface area contributed by atoms with E-state index in [0.29, 0.717) is 11.5 Å². The Bertz CT molecular complexity index is 851. The molecule has 3 rings (SSSR count). The quantitative estimate of drug-likeness (QED) is 0.704. The van der Waals surface area contributed by atoms with Crippen molar-refractivity contribution in [1.29, 1.82) is 0 Å². The van der Waals surface area contributed by atoms with E-state index in [4.69, 9.17) is 26.4 Å². The molecule has 7 heteroatoms. The van der Waals surface area contributed by atoms with Crippen molar-refractivity contribution in [1.82, 2.24) is 4.90 Å². The largest absolute Gasteiger partial charge is 0.493 e. The summed E-state index contributed by atoms with van der Waals surface area (Å²) in [5.41, 5.74) is 3.39. The molecule has 0 spiro atoms. The number of benzene rings is 2. The van der Waals surface area contributed by atoms with E-state index in [-0.39, 0.29) is 0 Å². The fraction of sp³-hybridized carbons (Fsp3) is 0.409. The van der Waals surface area contributed by atoms with E-state index in [0.717, 1.165) is 54.8 Å². The number of rotatable bonds is 6. The van der Waals surface area contributed by atoms with Crippen LogP contribution in [0.15, 0.2) is 36.4 Å². The van der Waals surface area contributed by atoms with Gasteiger partial charge in [0.2, 0.25) is 5.75 Å². The van der Waals surface area contributed by atoms with Gasteiger partial charge in [-0.25, -0.2) is 0 Å². The van der Waals surface area contributed by atoms with Crippen LogP contribution in [0, 0.1) is 6.92 Å². The van der Waals surface area contributed by atoms with E-state index in [2.05, 4.69) is 35.3 Å². The normalized spacial score (nSPS) is 14.4. The molecule has 0 atom stereocenters. The van der Waals surface area contributed by atoms with E-state index in [9.17, 15) is 0 Å². The third-order valence-corrected chi connectivity index (χ3v) is 5.73. The molecule has 0 unspecified atom stereocenters. The third kappa shape index (κ3) is 4.92. The number of methoxy groups -OCH3 is 3. The molecule has 1 saturated heterocycles. The molecule has 1 fully saturated rings. The summed E-state index contributed by atoms with van der Waals surface area (Å²) >= 11 is 5.64. The minimum absolute atomic E-state index is 0.647. The van der Waals surface area contributed by atoms with Crippen LogP contribution < -0.4 is 24.4 Å². The highest BCUT2D eigenvalue weighted by Gasteiger charge is 2.25. The third-order valence-electron chi connectivity index (χ3n) is 5.37. The zero-order valence-corrected chi connectivity index (χ0v) is 18.4. The van der Waals surface area contributed by atoms with Crippen LogP contribution in [0.2, 0.25) is 0 Å². The molecule has 2 aromatic rings. The molecule has 0 amide bonds. The monoisotopic (exact) mass is 416 g/mol. The SMILES string of the molecule is COc1ccc(C[NH+]2CCN(C(=S)Nc3ccccc3C)CC2)c(OC)c1OC. The number of nitrogens with one attached hydrogen (secondary N) is 2. The van der Waals surface area contributed by atoms with Crippen molar-refractivity contribution >= 4 is 23.0 Å². The second-order valence-electron chi connectivity index (χ2n) is 7.15. The molecule has 1 aliphatic rings. The lowest BCUT2D eigenvalue weighted by Gasteiger charge is -2.34. The van der Waals surface area contributed by atoms with Gasteiger partial charge < -0.3 is 29.3 Å². The molecular weight excluding hydrogens is 386 g/mol. The number of hydrogen-bond acceptors (Lipinski definition) is 4. The molecule has 0 radical (unpaired) electrons. The summed E-state index contributed by atoms with van der Waals surface area (Å²) in [5.74, 6) is 2.08. The Morgan fingerprint density at radius 2 is 1.69 bits per heavy atom. The Labute approximate surface area is 178 Å². The molecule has 0 saturated carbocycles. The topological polar surface area (TPSA) is 47.4 Å². The van der Waals surface area contributed by atoms with Gasteiger partial charge in [0.25, 0.3) is 0 Å².